The summed E-state index contributed by atoms with van der Waals surface area (Å²) in [5, 5.41) is 0.922. The van der Waals surface area contributed by atoms with Crippen LogP contribution in [-0.2, 0) is 10.1 Å². The summed E-state index contributed by atoms with van der Waals surface area (Å²) in [5.41, 5.74) is 2.63. The largest absolute Gasteiger partial charge is 0.379 e. The first-order valence-electron chi connectivity index (χ1n) is 6.17. The summed E-state index contributed by atoms with van der Waals surface area (Å²) in [6.07, 6.45) is 1.57. The van der Waals surface area contributed by atoms with Crippen LogP contribution in [0.2, 0.25) is 0 Å². The van der Waals surface area contributed by atoms with E-state index >= 15 is 0 Å². The molecule has 3 heteroatoms. The zero-order valence-corrected chi connectivity index (χ0v) is 12.1. The van der Waals surface area contributed by atoms with Gasteiger partial charge in [0.15, 0.2) is 0 Å². The molecule has 0 aliphatic carbocycles. The average molecular weight is 298 g/mol. The molecule has 1 saturated heterocycles. The fourth-order valence-corrected chi connectivity index (χ4v) is 2.74. The van der Waals surface area contributed by atoms with Crippen molar-refractivity contribution in [2.24, 2.45) is 5.92 Å². The number of piperidine rings is 1. The lowest BCUT2D eigenvalue weighted by Crippen LogP contribution is -2.43. The van der Waals surface area contributed by atoms with E-state index in [2.05, 4.69) is 52.0 Å². The summed E-state index contributed by atoms with van der Waals surface area (Å²) < 4.78 is 5.55. The molecule has 2 rings (SSSR count). The fraction of sp³-hybridized carbons (Fsp3) is 0.571. The number of alkyl halides is 1. The molecule has 0 saturated carbocycles. The summed E-state index contributed by atoms with van der Waals surface area (Å²) >= 11 is 3.47. The third kappa shape index (κ3) is 3.02. The number of nitrogens with zero attached hydrogens (tertiary/aromatic N) is 1. The van der Waals surface area contributed by atoms with Crippen LogP contribution in [-0.4, -0.2) is 26.3 Å². The summed E-state index contributed by atoms with van der Waals surface area (Å²) in [4.78, 5) is 2.42. The molecule has 0 spiro atoms. The third-order valence-electron chi connectivity index (χ3n) is 3.65. The lowest BCUT2D eigenvalue weighted by atomic mass is 9.95. The summed E-state index contributed by atoms with van der Waals surface area (Å²) in [5.74, 6) is 0.665. The molecule has 0 N–H and O–H groups in total. The van der Waals surface area contributed by atoms with E-state index in [9.17, 15) is 0 Å². The molecule has 2 nitrogen and oxygen atoms in total. The molecule has 94 valence electrons. The van der Waals surface area contributed by atoms with E-state index in [1.807, 2.05) is 7.11 Å². The van der Waals surface area contributed by atoms with E-state index in [1.165, 1.54) is 17.7 Å². The molecule has 0 aromatic heterocycles. The van der Waals surface area contributed by atoms with Crippen LogP contribution < -0.4 is 4.90 Å². The number of methoxy groups -OCH3 is 1. The Morgan fingerprint density at radius 3 is 2.65 bits per heavy atom. The van der Waals surface area contributed by atoms with Gasteiger partial charge in [0.25, 0.3) is 0 Å². The average Bonchev–Trinajstić information content (AvgIpc) is 2.39. The summed E-state index contributed by atoms with van der Waals surface area (Å²) in [6, 6.07) is 8.78. The third-order valence-corrected chi connectivity index (χ3v) is 4.30. The van der Waals surface area contributed by atoms with Gasteiger partial charge < -0.3 is 9.64 Å². The van der Waals surface area contributed by atoms with Crippen LogP contribution in [0, 0.1) is 5.92 Å². The molecule has 0 bridgehead atoms. The first-order valence-corrected chi connectivity index (χ1v) is 7.29. The number of benzene rings is 1. The number of rotatable bonds is 3. The number of anilines is 1. The lowest BCUT2D eigenvalue weighted by molar-refractivity contribution is 0.0498. The SMILES string of the molecule is COC1CN(c2ccc(CBr)cc2)CCC1C. The van der Waals surface area contributed by atoms with Gasteiger partial charge in [0.1, 0.15) is 0 Å². The van der Waals surface area contributed by atoms with Crippen molar-refractivity contribution in [1.82, 2.24) is 0 Å². The summed E-state index contributed by atoms with van der Waals surface area (Å²) in [7, 11) is 1.82. The molecule has 2 atom stereocenters. The topological polar surface area (TPSA) is 12.5 Å². The normalized spacial score (nSPS) is 25.0. The number of halogens is 1. The maximum absolute atomic E-state index is 5.55. The quantitative estimate of drug-likeness (QED) is 0.793. The van der Waals surface area contributed by atoms with Crippen molar-refractivity contribution in [3.05, 3.63) is 29.8 Å². The molecule has 1 heterocycles. The van der Waals surface area contributed by atoms with E-state index in [1.54, 1.807) is 0 Å². The summed E-state index contributed by atoms with van der Waals surface area (Å²) in [6.45, 7) is 4.42. The number of ether oxygens (including phenoxy) is 1. The molecule has 1 aromatic carbocycles. The van der Waals surface area contributed by atoms with Crippen molar-refractivity contribution in [3.63, 3.8) is 0 Å². The predicted molar refractivity (Wildman–Crippen MR) is 75.9 cm³/mol. The second-order valence-electron chi connectivity index (χ2n) is 4.79. The van der Waals surface area contributed by atoms with Crippen LogP contribution in [0.15, 0.2) is 24.3 Å². The van der Waals surface area contributed by atoms with Crippen LogP contribution in [0.3, 0.4) is 0 Å². The first kappa shape index (κ1) is 12.9. The maximum Gasteiger partial charge on any atom is 0.0772 e. The zero-order chi connectivity index (χ0) is 12.3. The minimum absolute atomic E-state index is 0.361. The lowest BCUT2D eigenvalue weighted by Gasteiger charge is -2.37. The van der Waals surface area contributed by atoms with Gasteiger partial charge in [-0.3, -0.25) is 0 Å². The second-order valence-corrected chi connectivity index (χ2v) is 5.35. The van der Waals surface area contributed by atoms with Crippen LogP contribution in [0.4, 0.5) is 5.69 Å². The Kier molecular flexibility index (Phi) is 4.46. The minimum atomic E-state index is 0.361. The van der Waals surface area contributed by atoms with Gasteiger partial charge in [-0.05, 0) is 30.0 Å². The molecule has 1 fully saturated rings. The molecule has 1 aliphatic heterocycles. The van der Waals surface area contributed by atoms with Crippen molar-refractivity contribution < 1.29 is 4.74 Å². The smallest absolute Gasteiger partial charge is 0.0772 e. The van der Waals surface area contributed by atoms with E-state index in [0.29, 0.717) is 12.0 Å². The molecule has 1 aromatic rings. The monoisotopic (exact) mass is 297 g/mol. The van der Waals surface area contributed by atoms with Crippen molar-refractivity contribution in [2.45, 2.75) is 24.8 Å². The molecular weight excluding hydrogens is 278 g/mol. The highest BCUT2D eigenvalue weighted by Gasteiger charge is 2.25. The van der Waals surface area contributed by atoms with E-state index in [4.69, 9.17) is 4.74 Å². The number of hydrogen-bond acceptors (Lipinski definition) is 2. The molecule has 2 unspecified atom stereocenters. The fourth-order valence-electron chi connectivity index (χ4n) is 2.37. The zero-order valence-electron chi connectivity index (χ0n) is 10.5. The van der Waals surface area contributed by atoms with Gasteiger partial charge in [0.2, 0.25) is 0 Å². The van der Waals surface area contributed by atoms with E-state index in [-0.39, 0.29) is 0 Å². The Morgan fingerprint density at radius 2 is 2.06 bits per heavy atom. The number of hydrogen-bond donors (Lipinski definition) is 0. The second kappa shape index (κ2) is 5.87. The van der Waals surface area contributed by atoms with Gasteiger partial charge in [-0.2, -0.15) is 0 Å². The van der Waals surface area contributed by atoms with Gasteiger partial charge in [0.05, 0.1) is 6.10 Å². The minimum Gasteiger partial charge on any atom is -0.379 e. The van der Waals surface area contributed by atoms with Gasteiger partial charge in [0, 0.05) is 31.2 Å². The molecule has 1 aliphatic rings. The van der Waals surface area contributed by atoms with Crippen LogP contribution in [0.25, 0.3) is 0 Å². The van der Waals surface area contributed by atoms with Gasteiger partial charge in [-0.1, -0.05) is 35.0 Å². The van der Waals surface area contributed by atoms with Gasteiger partial charge in [-0.25, -0.2) is 0 Å². The van der Waals surface area contributed by atoms with Crippen molar-refractivity contribution in [3.8, 4) is 0 Å². The van der Waals surface area contributed by atoms with Crippen LogP contribution >= 0.6 is 15.9 Å². The van der Waals surface area contributed by atoms with Crippen molar-refractivity contribution >= 4 is 21.6 Å². The first-order chi connectivity index (χ1) is 8.24. The van der Waals surface area contributed by atoms with E-state index in [0.717, 1.165) is 18.4 Å². The Hall–Kier alpha value is -0.540. The standard InChI is InChI=1S/C14H20BrNO/c1-11-7-8-16(10-14(11)17-2)13-5-3-12(9-15)4-6-13/h3-6,11,14H,7-10H2,1-2H3. The maximum atomic E-state index is 5.55. The molecule has 0 amide bonds. The highest BCUT2D eigenvalue weighted by molar-refractivity contribution is 9.08. The molecular formula is C14H20BrNO. The Morgan fingerprint density at radius 1 is 1.35 bits per heavy atom. The predicted octanol–water partition coefficient (Wildman–Crippen LogP) is 3.44. The van der Waals surface area contributed by atoms with Gasteiger partial charge >= 0.3 is 0 Å². The Balaban J connectivity index is 2.06. The van der Waals surface area contributed by atoms with Gasteiger partial charge in [-0.15, -0.1) is 0 Å². The van der Waals surface area contributed by atoms with Crippen LogP contribution in [0.5, 0.6) is 0 Å². The van der Waals surface area contributed by atoms with Crippen molar-refractivity contribution in [1.29, 1.82) is 0 Å². The highest BCUT2D eigenvalue weighted by Crippen LogP contribution is 2.25. The van der Waals surface area contributed by atoms with Crippen LogP contribution in [0.1, 0.15) is 18.9 Å². The molecule has 17 heavy (non-hydrogen) atoms. The Bertz CT molecular complexity index is 352. The highest BCUT2D eigenvalue weighted by atomic mass is 79.9. The Labute approximate surface area is 112 Å². The molecule has 0 radical (unpaired) electrons. The van der Waals surface area contributed by atoms with E-state index < -0.39 is 0 Å². The van der Waals surface area contributed by atoms with Crippen molar-refractivity contribution in [2.75, 3.05) is 25.1 Å².